The van der Waals surface area contributed by atoms with Crippen LogP contribution in [0.3, 0.4) is 0 Å². The molecule has 16 heavy (non-hydrogen) atoms. The smallest absolute Gasteiger partial charge is 0.252 e. The van der Waals surface area contributed by atoms with Gasteiger partial charge in [-0.25, -0.2) is 0 Å². The average molecular weight is 355 g/mol. The van der Waals surface area contributed by atoms with Gasteiger partial charge in [-0.3, -0.25) is 4.79 Å². The molecule has 5 heteroatoms. The molecular formula is C11H16ClIN2O. The topological polar surface area (TPSA) is 55.1 Å². The lowest BCUT2D eigenvalue weighted by atomic mass is 10.1. The van der Waals surface area contributed by atoms with Crippen molar-refractivity contribution in [3.63, 3.8) is 0 Å². The Bertz CT molecular complexity index is 363. The lowest BCUT2D eigenvalue weighted by Crippen LogP contribution is -2.45. The zero-order valence-corrected chi connectivity index (χ0v) is 12.3. The first-order valence-electron chi connectivity index (χ1n) is 4.72. The summed E-state index contributed by atoms with van der Waals surface area (Å²) in [5, 5.41) is 2.81. The molecule has 1 amide bonds. The molecule has 0 radical (unpaired) electrons. The molecule has 0 aromatic heterocycles. The number of benzene rings is 1. The van der Waals surface area contributed by atoms with Crippen molar-refractivity contribution >= 4 is 40.9 Å². The first kappa shape index (κ1) is 15.7. The molecule has 1 aromatic rings. The summed E-state index contributed by atoms with van der Waals surface area (Å²) in [7, 11) is 0. The number of hydrogen-bond donors (Lipinski definition) is 2. The van der Waals surface area contributed by atoms with Crippen molar-refractivity contribution in [2.24, 2.45) is 5.73 Å². The van der Waals surface area contributed by atoms with Crippen molar-refractivity contribution in [3.05, 3.63) is 33.4 Å². The second-order valence-corrected chi connectivity index (χ2v) is 5.31. The summed E-state index contributed by atoms with van der Waals surface area (Å²) < 4.78 is 0.947. The summed E-state index contributed by atoms with van der Waals surface area (Å²) in [6.07, 6.45) is 0. The molecule has 3 nitrogen and oxygen atoms in total. The number of nitrogens with two attached hydrogens (primary N) is 1. The lowest BCUT2D eigenvalue weighted by Gasteiger charge is -2.19. The summed E-state index contributed by atoms with van der Waals surface area (Å²) in [5.74, 6) is -0.0708. The lowest BCUT2D eigenvalue weighted by molar-refractivity contribution is 0.0945. The highest BCUT2D eigenvalue weighted by molar-refractivity contribution is 14.1. The van der Waals surface area contributed by atoms with Gasteiger partial charge in [-0.05, 0) is 48.6 Å². The van der Waals surface area contributed by atoms with Crippen LogP contribution in [0.1, 0.15) is 24.2 Å². The number of halogens is 2. The third-order valence-corrected chi connectivity index (χ3v) is 2.76. The van der Waals surface area contributed by atoms with E-state index >= 15 is 0 Å². The van der Waals surface area contributed by atoms with Crippen LogP contribution in [0.2, 0.25) is 0 Å². The maximum atomic E-state index is 11.7. The van der Waals surface area contributed by atoms with E-state index in [4.69, 9.17) is 5.73 Å². The maximum Gasteiger partial charge on any atom is 0.252 e. The van der Waals surface area contributed by atoms with E-state index in [9.17, 15) is 4.79 Å². The molecule has 0 unspecified atom stereocenters. The minimum Gasteiger partial charge on any atom is -0.350 e. The Morgan fingerprint density at radius 2 is 2.00 bits per heavy atom. The van der Waals surface area contributed by atoms with Gasteiger partial charge in [0, 0.05) is 15.7 Å². The van der Waals surface area contributed by atoms with E-state index in [2.05, 4.69) is 27.9 Å². The Kier molecular flexibility index (Phi) is 6.28. The van der Waals surface area contributed by atoms with Crippen molar-refractivity contribution in [2.75, 3.05) is 6.54 Å². The third-order valence-electron chi connectivity index (χ3n) is 1.82. The largest absolute Gasteiger partial charge is 0.350 e. The van der Waals surface area contributed by atoms with Gasteiger partial charge in [-0.1, -0.05) is 12.1 Å². The predicted molar refractivity (Wildman–Crippen MR) is 77.0 cm³/mol. The van der Waals surface area contributed by atoms with Crippen molar-refractivity contribution in [3.8, 4) is 0 Å². The first-order valence-corrected chi connectivity index (χ1v) is 5.79. The van der Waals surface area contributed by atoms with Gasteiger partial charge in [0.1, 0.15) is 0 Å². The predicted octanol–water partition coefficient (Wildman–Crippen LogP) is 2.18. The van der Waals surface area contributed by atoms with Gasteiger partial charge in [0.2, 0.25) is 0 Å². The Labute approximate surface area is 116 Å². The van der Waals surface area contributed by atoms with Gasteiger partial charge in [-0.15, -0.1) is 12.4 Å². The van der Waals surface area contributed by atoms with Gasteiger partial charge in [-0.2, -0.15) is 0 Å². The molecule has 0 spiro atoms. The van der Waals surface area contributed by atoms with E-state index in [0.29, 0.717) is 12.1 Å². The van der Waals surface area contributed by atoms with Crippen molar-refractivity contribution in [2.45, 2.75) is 19.4 Å². The summed E-state index contributed by atoms with van der Waals surface area (Å²) >= 11 is 2.14. The van der Waals surface area contributed by atoms with Crippen molar-refractivity contribution < 1.29 is 4.79 Å². The van der Waals surface area contributed by atoms with Gasteiger partial charge in [0.15, 0.2) is 0 Å². The third kappa shape index (κ3) is 5.14. The van der Waals surface area contributed by atoms with Crippen LogP contribution < -0.4 is 11.1 Å². The number of carbonyl (C=O) groups is 1. The minimum atomic E-state index is -0.379. The van der Waals surface area contributed by atoms with E-state index in [1.165, 1.54) is 0 Å². The maximum absolute atomic E-state index is 11.7. The minimum absolute atomic E-state index is 0. The number of rotatable bonds is 3. The van der Waals surface area contributed by atoms with E-state index in [0.717, 1.165) is 3.57 Å². The van der Waals surface area contributed by atoms with E-state index in [1.54, 1.807) is 6.07 Å². The highest BCUT2D eigenvalue weighted by Crippen LogP contribution is 2.11. The van der Waals surface area contributed by atoms with Crippen molar-refractivity contribution in [1.29, 1.82) is 0 Å². The summed E-state index contributed by atoms with van der Waals surface area (Å²) in [6, 6.07) is 7.47. The summed E-state index contributed by atoms with van der Waals surface area (Å²) in [6.45, 7) is 4.23. The summed E-state index contributed by atoms with van der Waals surface area (Å²) in [5.41, 5.74) is 6.10. The summed E-state index contributed by atoms with van der Waals surface area (Å²) in [4.78, 5) is 11.7. The van der Waals surface area contributed by atoms with Crippen LogP contribution in [0.15, 0.2) is 24.3 Å². The number of carbonyl (C=O) groups excluding carboxylic acids is 1. The molecule has 0 fully saturated rings. The van der Waals surface area contributed by atoms with Crippen LogP contribution in [-0.2, 0) is 0 Å². The fourth-order valence-electron chi connectivity index (χ4n) is 1.05. The molecule has 3 N–H and O–H groups in total. The van der Waals surface area contributed by atoms with Gasteiger partial charge in [0.25, 0.3) is 5.91 Å². The van der Waals surface area contributed by atoms with Crippen LogP contribution in [0, 0.1) is 3.57 Å². The van der Waals surface area contributed by atoms with Crippen molar-refractivity contribution in [1.82, 2.24) is 5.32 Å². The highest BCUT2D eigenvalue weighted by atomic mass is 127. The van der Waals surface area contributed by atoms with Crippen LogP contribution in [-0.4, -0.2) is 18.0 Å². The van der Waals surface area contributed by atoms with Crippen LogP contribution in [0.5, 0.6) is 0 Å². The Morgan fingerprint density at radius 3 is 2.50 bits per heavy atom. The molecule has 0 bridgehead atoms. The molecule has 0 heterocycles. The Hall–Kier alpha value is -0.330. The average Bonchev–Trinajstić information content (AvgIpc) is 2.14. The van der Waals surface area contributed by atoms with Crippen LogP contribution in [0.4, 0.5) is 0 Å². The molecule has 0 aliphatic carbocycles. The molecule has 90 valence electrons. The molecule has 1 rings (SSSR count). The molecule has 0 saturated carbocycles. The van der Waals surface area contributed by atoms with E-state index in [1.807, 2.05) is 32.0 Å². The van der Waals surface area contributed by atoms with Crippen LogP contribution in [0.25, 0.3) is 0 Å². The zero-order valence-electron chi connectivity index (χ0n) is 9.29. The quantitative estimate of drug-likeness (QED) is 0.818. The van der Waals surface area contributed by atoms with Crippen LogP contribution >= 0.6 is 35.0 Å². The van der Waals surface area contributed by atoms with E-state index < -0.39 is 0 Å². The SMILES string of the molecule is CC(C)(N)CNC(=O)c1ccccc1I.Cl. The Balaban J connectivity index is 0.00000225. The zero-order chi connectivity index (χ0) is 11.5. The number of hydrogen-bond acceptors (Lipinski definition) is 2. The normalized spacial score (nSPS) is 10.5. The number of amides is 1. The fraction of sp³-hybridized carbons (Fsp3) is 0.364. The molecule has 0 saturated heterocycles. The monoisotopic (exact) mass is 354 g/mol. The van der Waals surface area contributed by atoms with E-state index in [-0.39, 0.29) is 23.9 Å². The molecule has 0 atom stereocenters. The fourth-order valence-corrected chi connectivity index (χ4v) is 1.68. The Morgan fingerprint density at radius 1 is 1.44 bits per heavy atom. The molecular weight excluding hydrogens is 338 g/mol. The molecule has 0 aliphatic rings. The first-order chi connectivity index (χ1) is 6.90. The van der Waals surface area contributed by atoms with Gasteiger partial charge in [0.05, 0.1) is 5.56 Å². The second-order valence-electron chi connectivity index (χ2n) is 4.15. The van der Waals surface area contributed by atoms with Gasteiger partial charge >= 0.3 is 0 Å². The number of nitrogens with one attached hydrogen (secondary N) is 1. The van der Waals surface area contributed by atoms with Gasteiger partial charge < -0.3 is 11.1 Å². The standard InChI is InChI=1S/C11H15IN2O.ClH/c1-11(2,13)7-14-10(15)8-5-3-4-6-9(8)12;/h3-6H,7,13H2,1-2H3,(H,14,15);1H. The molecule has 0 aliphatic heterocycles. The second kappa shape index (κ2) is 6.42. The molecule has 1 aromatic carbocycles. The highest BCUT2D eigenvalue weighted by Gasteiger charge is 2.14.